The van der Waals surface area contributed by atoms with E-state index in [0.29, 0.717) is 5.92 Å². The number of piperidine rings is 1. The zero-order chi connectivity index (χ0) is 14.0. The topological polar surface area (TPSA) is 30.5 Å². The van der Waals surface area contributed by atoms with Crippen LogP contribution in [0.1, 0.15) is 37.4 Å². The number of methoxy groups -OCH3 is 1. The van der Waals surface area contributed by atoms with Crippen LogP contribution < -0.4 is 5.32 Å². The Labute approximate surface area is 122 Å². The van der Waals surface area contributed by atoms with Crippen molar-refractivity contribution in [1.29, 1.82) is 0 Å². The average molecular weight is 277 g/mol. The lowest BCUT2D eigenvalue weighted by Gasteiger charge is -2.31. The molecule has 0 aromatic heterocycles. The molecule has 112 valence electrons. The van der Waals surface area contributed by atoms with Crippen molar-refractivity contribution in [2.75, 3.05) is 33.4 Å². The minimum absolute atomic E-state index is 0.228. The van der Waals surface area contributed by atoms with Crippen molar-refractivity contribution in [1.82, 2.24) is 5.32 Å². The normalized spacial score (nSPS) is 20.8. The number of hydrogen-bond donors (Lipinski definition) is 1. The summed E-state index contributed by atoms with van der Waals surface area (Å²) < 4.78 is 11.3. The first-order chi connectivity index (χ1) is 9.92. The van der Waals surface area contributed by atoms with E-state index < -0.39 is 0 Å². The lowest BCUT2D eigenvalue weighted by Crippen LogP contribution is -2.34. The molecule has 1 fully saturated rings. The molecule has 3 nitrogen and oxygen atoms in total. The average Bonchev–Trinajstić information content (AvgIpc) is 2.53. The molecule has 1 aliphatic rings. The first-order valence-electron chi connectivity index (χ1n) is 7.78. The van der Waals surface area contributed by atoms with Gasteiger partial charge in [0.15, 0.2) is 0 Å². The van der Waals surface area contributed by atoms with Crippen LogP contribution in [0.2, 0.25) is 0 Å². The van der Waals surface area contributed by atoms with E-state index in [1.165, 1.54) is 18.4 Å². The predicted octanol–water partition coefficient (Wildman–Crippen LogP) is 3.17. The first-order valence-corrected chi connectivity index (χ1v) is 7.78. The third-order valence-corrected chi connectivity index (χ3v) is 3.93. The molecular formula is C17H27NO2. The molecular weight excluding hydrogens is 250 g/mol. The molecule has 1 aromatic rings. The minimum atomic E-state index is 0.228. The number of unbranched alkanes of at least 4 members (excludes halogenated alkanes) is 1. The Balaban J connectivity index is 1.90. The van der Waals surface area contributed by atoms with Gasteiger partial charge in [-0.25, -0.2) is 0 Å². The summed E-state index contributed by atoms with van der Waals surface area (Å²) in [4.78, 5) is 0. The highest BCUT2D eigenvalue weighted by atomic mass is 16.5. The summed E-state index contributed by atoms with van der Waals surface area (Å²) in [6.45, 7) is 3.85. The first kappa shape index (κ1) is 15.5. The van der Waals surface area contributed by atoms with Crippen LogP contribution in [0, 0.1) is 5.92 Å². The molecule has 1 aliphatic heterocycles. The molecule has 0 amide bonds. The van der Waals surface area contributed by atoms with E-state index in [1.54, 1.807) is 7.11 Å². The summed E-state index contributed by atoms with van der Waals surface area (Å²) in [7, 11) is 1.75. The van der Waals surface area contributed by atoms with Crippen molar-refractivity contribution >= 4 is 0 Å². The number of ether oxygens (including phenoxy) is 2. The lowest BCUT2D eigenvalue weighted by molar-refractivity contribution is -0.000557. The van der Waals surface area contributed by atoms with Crippen molar-refractivity contribution in [3.05, 3.63) is 35.9 Å². The second-order valence-corrected chi connectivity index (χ2v) is 5.51. The third kappa shape index (κ3) is 4.89. The van der Waals surface area contributed by atoms with Gasteiger partial charge in [-0.15, -0.1) is 0 Å². The molecule has 0 saturated carbocycles. The van der Waals surface area contributed by atoms with Crippen LogP contribution >= 0.6 is 0 Å². The van der Waals surface area contributed by atoms with Crippen LogP contribution in [0.4, 0.5) is 0 Å². The van der Waals surface area contributed by atoms with Gasteiger partial charge in [-0.1, -0.05) is 30.3 Å². The molecule has 1 heterocycles. The Kier molecular flexibility index (Phi) is 7.06. The van der Waals surface area contributed by atoms with Crippen LogP contribution in [0.5, 0.6) is 0 Å². The minimum Gasteiger partial charge on any atom is -0.385 e. The standard InChI is InChI=1S/C17H27NO2/c1-19-12-5-6-13-20-17(15-8-3-2-4-9-15)16-10-7-11-18-14-16/h2-4,8-9,16-18H,5-7,10-14H2,1H3. The maximum atomic E-state index is 6.22. The molecule has 20 heavy (non-hydrogen) atoms. The van der Waals surface area contributed by atoms with Crippen LogP contribution in [-0.4, -0.2) is 33.4 Å². The second kappa shape index (κ2) is 9.11. The zero-order valence-corrected chi connectivity index (χ0v) is 12.5. The lowest BCUT2D eigenvalue weighted by atomic mass is 9.89. The molecule has 2 unspecified atom stereocenters. The molecule has 1 aromatic carbocycles. The fraction of sp³-hybridized carbons (Fsp3) is 0.647. The van der Waals surface area contributed by atoms with E-state index >= 15 is 0 Å². The Morgan fingerprint density at radius 2 is 2.00 bits per heavy atom. The molecule has 2 atom stereocenters. The van der Waals surface area contributed by atoms with Crippen molar-refractivity contribution < 1.29 is 9.47 Å². The quantitative estimate of drug-likeness (QED) is 0.740. The summed E-state index contributed by atoms with van der Waals surface area (Å²) in [6, 6.07) is 10.7. The SMILES string of the molecule is COCCCCOC(c1ccccc1)C1CCCNC1. The molecule has 0 radical (unpaired) electrons. The summed E-state index contributed by atoms with van der Waals surface area (Å²) >= 11 is 0. The van der Waals surface area contributed by atoms with Crippen molar-refractivity contribution in [2.45, 2.75) is 31.8 Å². The third-order valence-electron chi connectivity index (χ3n) is 3.93. The number of benzene rings is 1. The van der Waals surface area contributed by atoms with Gasteiger partial charge in [-0.2, -0.15) is 0 Å². The van der Waals surface area contributed by atoms with Crippen LogP contribution in [0.3, 0.4) is 0 Å². The van der Waals surface area contributed by atoms with Gasteiger partial charge >= 0.3 is 0 Å². The van der Waals surface area contributed by atoms with Crippen LogP contribution in [0.15, 0.2) is 30.3 Å². The van der Waals surface area contributed by atoms with Crippen molar-refractivity contribution in [2.24, 2.45) is 5.92 Å². The highest BCUT2D eigenvalue weighted by Gasteiger charge is 2.25. The molecule has 1 saturated heterocycles. The zero-order valence-electron chi connectivity index (χ0n) is 12.5. The van der Waals surface area contributed by atoms with Crippen LogP contribution in [-0.2, 0) is 9.47 Å². The Hall–Kier alpha value is -0.900. The smallest absolute Gasteiger partial charge is 0.0865 e. The Morgan fingerprint density at radius 1 is 1.20 bits per heavy atom. The summed E-state index contributed by atoms with van der Waals surface area (Å²) in [5.74, 6) is 0.591. The summed E-state index contributed by atoms with van der Waals surface area (Å²) in [6.07, 6.45) is 4.87. The van der Waals surface area contributed by atoms with Gasteiger partial charge in [0.25, 0.3) is 0 Å². The molecule has 0 spiro atoms. The highest BCUT2D eigenvalue weighted by molar-refractivity contribution is 5.18. The maximum Gasteiger partial charge on any atom is 0.0865 e. The summed E-state index contributed by atoms with van der Waals surface area (Å²) in [5, 5.41) is 3.50. The van der Waals surface area contributed by atoms with E-state index in [-0.39, 0.29) is 6.10 Å². The Bertz CT molecular complexity index is 349. The largest absolute Gasteiger partial charge is 0.385 e. The molecule has 2 rings (SSSR count). The van der Waals surface area contributed by atoms with E-state index in [0.717, 1.165) is 39.1 Å². The molecule has 0 aliphatic carbocycles. The maximum absolute atomic E-state index is 6.22. The van der Waals surface area contributed by atoms with E-state index in [2.05, 4.69) is 35.6 Å². The predicted molar refractivity (Wildman–Crippen MR) is 81.8 cm³/mol. The van der Waals surface area contributed by atoms with Gasteiger partial charge in [0.1, 0.15) is 0 Å². The molecule has 1 N–H and O–H groups in total. The van der Waals surface area contributed by atoms with E-state index in [1.807, 2.05) is 0 Å². The van der Waals surface area contributed by atoms with Gasteiger partial charge < -0.3 is 14.8 Å². The fourth-order valence-corrected chi connectivity index (χ4v) is 2.84. The van der Waals surface area contributed by atoms with Crippen LogP contribution in [0.25, 0.3) is 0 Å². The number of nitrogens with one attached hydrogen (secondary N) is 1. The van der Waals surface area contributed by atoms with Crippen molar-refractivity contribution in [3.63, 3.8) is 0 Å². The van der Waals surface area contributed by atoms with Gasteiger partial charge in [-0.3, -0.25) is 0 Å². The van der Waals surface area contributed by atoms with E-state index in [4.69, 9.17) is 9.47 Å². The van der Waals surface area contributed by atoms with E-state index in [9.17, 15) is 0 Å². The fourth-order valence-electron chi connectivity index (χ4n) is 2.84. The highest BCUT2D eigenvalue weighted by Crippen LogP contribution is 2.30. The van der Waals surface area contributed by atoms with Gasteiger partial charge in [0.05, 0.1) is 6.10 Å². The second-order valence-electron chi connectivity index (χ2n) is 5.51. The monoisotopic (exact) mass is 277 g/mol. The summed E-state index contributed by atoms with van der Waals surface area (Å²) in [5.41, 5.74) is 1.31. The van der Waals surface area contributed by atoms with Gasteiger partial charge in [0.2, 0.25) is 0 Å². The molecule has 0 bridgehead atoms. The van der Waals surface area contributed by atoms with Gasteiger partial charge in [-0.05, 0) is 37.8 Å². The number of hydrogen-bond acceptors (Lipinski definition) is 3. The molecule has 3 heteroatoms. The Morgan fingerprint density at radius 3 is 2.70 bits per heavy atom. The van der Waals surface area contributed by atoms with Crippen molar-refractivity contribution in [3.8, 4) is 0 Å². The number of rotatable bonds is 8. The van der Waals surface area contributed by atoms with Gasteiger partial charge in [0, 0.05) is 32.8 Å².